The van der Waals surface area contributed by atoms with E-state index < -0.39 is 0 Å². The third-order valence-corrected chi connectivity index (χ3v) is 4.64. The molecule has 1 aliphatic rings. The minimum absolute atomic E-state index is 0.220. The number of likely N-dealkylation sites (tertiary alicyclic amines) is 1. The van der Waals surface area contributed by atoms with Crippen molar-refractivity contribution in [1.82, 2.24) is 9.88 Å². The average molecular weight is 243 g/mol. The highest BCUT2D eigenvalue weighted by Crippen LogP contribution is 2.30. The molecule has 2 rings (SSSR count). The van der Waals surface area contributed by atoms with E-state index in [1.165, 1.54) is 23.1 Å². The summed E-state index contributed by atoms with van der Waals surface area (Å²) >= 11 is 2.99. The Morgan fingerprint density at radius 1 is 1.67 bits per heavy atom. The molecule has 1 fully saturated rings. The predicted octanol–water partition coefficient (Wildman–Crippen LogP) is 1.36. The van der Waals surface area contributed by atoms with Crippen LogP contribution in [0.3, 0.4) is 0 Å². The molecule has 15 heavy (non-hydrogen) atoms. The van der Waals surface area contributed by atoms with E-state index in [-0.39, 0.29) is 5.91 Å². The van der Waals surface area contributed by atoms with Gasteiger partial charge >= 0.3 is 0 Å². The zero-order valence-electron chi connectivity index (χ0n) is 8.52. The van der Waals surface area contributed by atoms with Crippen molar-refractivity contribution in [3.05, 3.63) is 5.69 Å². The number of thiazole rings is 1. The predicted molar refractivity (Wildman–Crippen MR) is 63.2 cm³/mol. The molecule has 2 N–H and O–H groups in total. The molecule has 1 amide bonds. The van der Waals surface area contributed by atoms with Gasteiger partial charge in [0.05, 0.1) is 15.7 Å². The summed E-state index contributed by atoms with van der Waals surface area (Å²) in [5.74, 6) is 0.722. The first-order valence-electron chi connectivity index (χ1n) is 4.80. The van der Waals surface area contributed by atoms with Gasteiger partial charge in [0.15, 0.2) is 5.13 Å². The van der Waals surface area contributed by atoms with Crippen molar-refractivity contribution < 1.29 is 4.79 Å². The minimum Gasteiger partial charge on any atom is -0.375 e. The summed E-state index contributed by atoms with van der Waals surface area (Å²) in [4.78, 5) is 17.6. The van der Waals surface area contributed by atoms with Crippen molar-refractivity contribution in [2.24, 2.45) is 0 Å². The molecule has 1 aromatic heterocycles. The van der Waals surface area contributed by atoms with Crippen LogP contribution < -0.4 is 5.73 Å². The van der Waals surface area contributed by atoms with Gasteiger partial charge in [0.25, 0.3) is 0 Å². The Kier molecular flexibility index (Phi) is 3.16. The second kappa shape index (κ2) is 4.40. The van der Waals surface area contributed by atoms with Crippen molar-refractivity contribution in [3.8, 4) is 0 Å². The topological polar surface area (TPSA) is 59.2 Å². The maximum Gasteiger partial charge on any atom is 0.232 e. The summed E-state index contributed by atoms with van der Waals surface area (Å²) in [5, 5.41) is 0.575. The number of rotatable bonds is 3. The fourth-order valence-electron chi connectivity index (χ4n) is 1.32. The van der Waals surface area contributed by atoms with Crippen LogP contribution in [0, 0.1) is 6.92 Å². The second-order valence-corrected chi connectivity index (χ2v) is 5.72. The molecule has 0 spiro atoms. The van der Waals surface area contributed by atoms with Gasteiger partial charge in [0.1, 0.15) is 0 Å². The summed E-state index contributed by atoms with van der Waals surface area (Å²) < 4.78 is 1.06. The maximum atomic E-state index is 11.6. The lowest BCUT2D eigenvalue weighted by Crippen LogP contribution is -2.42. The third-order valence-electron chi connectivity index (χ3n) is 2.31. The highest BCUT2D eigenvalue weighted by atomic mass is 32.2. The number of carbonyl (C=O) groups is 1. The Labute approximate surface area is 96.9 Å². The largest absolute Gasteiger partial charge is 0.375 e. The molecule has 0 saturated carbocycles. The van der Waals surface area contributed by atoms with Gasteiger partial charge in [-0.25, -0.2) is 4.98 Å². The number of thioether (sulfide) groups is 1. The number of hydrogen-bond acceptors (Lipinski definition) is 5. The van der Waals surface area contributed by atoms with Crippen LogP contribution in [0.25, 0.3) is 0 Å². The molecule has 0 aliphatic carbocycles. The molecule has 1 aliphatic heterocycles. The molecular formula is C9H13N3OS2. The fourth-order valence-corrected chi connectivity index (χ4v) is 3.25. The molecule has 0 unspecified atom stereocenters. The number of nitrogens with zero attached hydrogens (tertiary/aromatic N) is 2. The first kappa shape index (κ1) is 10.8. The molecular weight excluding hydrogens is 230 g/mol. The van der Waals surface area contributed by atoms with Gasteiger partial charge in [0, 0.05) is 13.1 Å². The van der Waals surface area contributed by atoms with Crippen molar-refractivity contribution >= 4 is 34.1 Å². The van der Waals surface area contributed by atoms with E-state index in [1.54, 1.807) is 0 Å². The molecule has 0 atom stereocenters. The molecule has 1 saturated heterocycles. The van der Waals surface area contributed by atoms with Crippen LogP contribution in [-0.4, -0.2) is 34.6 Å². The Bertz CT molecular complexity index is 373. The summed E-state index contributed by atoms with van der Waals surface area (Å²) in [7, 11) is 0. The smallest absolute Gasteiger partial charge is 0.232 e. The first-order valence-corrected chi connectivity index (χ1v) is 6.60. The number of hydrogen-bond donors (Lipinski definition) is 1. The summed E-state index contributed by atoms with van der Waals surface area (Å²) in [6.07, 6.45) is 1.14. The highest BCUT2D eigenvalue weighted by molar-refractivity contribution is 8.01. The van der Waals surface area contributed by atoms with Crippen molar-refractivity contribution in [2.75, 3.05) is 24.6 Å². The first-order chi connectivity index (χ1) is 7.16. The normalized spacial score (nSPS) is 15.1. The Morgan fingerprint density at radius 2 is 2.40 bits per heavy atom. The summed E-state index contributed by atoms with van der Waals surface area (Å²) in [6, 6.07) is 0. The van der Waals surface area contributed by atoms with Crippen LogP contribution in [0.2, 0.25) is 0 Å². The molecule has 2 heterocycles. The van der Waals surface area contributed by atoms with Gasteiger partial charge in [-0.3, -0.25) is 4.79 Å². The quantitative estimate of drug-likeness (QED) is 0.814. The molecule has 6 heteroatoms. The van der Waals surface area contributed by atoms with Crippen LogP contribution in [0.15, 0.2) is 4.21 Å². The van der Waals surface area contributed by atoms with Gasteiger partial charge < -0.3 is 10.6 Å². The van der Waals surface area contributed by atoms with Crippen molar-refractivity contribution in [1.29, 1.82) is 0 Å². The van der Waals surface area contributed by atoms with Gasteiger partial charge in [-0.2, -0.15) is 0 Å². The lowest BCUT2D eigenvalue weighted by Gasteiger charge is -2.30. The van der Waals surface area contributed by atoms with E-state index in [9.17, 15) is 4.79 Å². The number of aromatic nitrogens is 1. The van der Waals surface area contributed by atoms with Crippen molar-refractivity contribution in [2.45, 2.75) is 17.6 Å². The number of anilines is 1. The number of aryl methyl sites for hydroxylation is 1. The SMILES string of the molecule is Cc1nc(N)sc1SCC(=O)N1CCC1. The fraction of sp³-hybridized carbons (Fsp3) is 0.556. The monoisotopic (exact) mass is 243 g/mol. The van der Waals surface area contributed by atoms with E-state index in [1.807, 2.05) is 11.8 Å². The standard InChI is InChI=1S/C9H13N3OS2/c1-6-8(15-9(10)11-6)14-5-7(13)12-3-2-4-12/h2-5H2,1H3,(H2,10,11). The average Bonchev–Trinajstić information content (AvgIpc) is 2.38. The lowest BCUT2D eigenvalue weighted by molar-refractivity contribution is -0.131. The van der Waals surface area contributed by atoms with Crippen LogP contribution in [0.4, 0.5) is 5.13 Å². The molecule has 0 aromatic carbocycles. The van der Waals surface area contributed by atoms with Gasteiger partial charge in [-0.15, -0.1) is 11.8 Å². The van der Waals surface area contributed by atoms with Crippen molar-refractivity contribution in [3.63, 3.8) is 0 Å². The minimum atomic E-state index is 0.220. The van der Waals surface area contributed by atoms with Crippen LogP contribution >= 0.6 is 23.1 Å². The zero-order valence-corrected chi connectivity index (χ0v) is 10.2. The zero-order chi connectivity index (χ0) is 10.8. The van der Waals surface area contributed by atoms with Gasteiger partial charge in [-0.1, -0.05) is 11.3 Å². The van der Waals surface area contributed by atoms with Gasteiger partial charge in [-0.05, 0) is 13.3 Å². The van der Waals surface area contributed by atoms with E-state index >= 15 is 0 Å². The molecule has 4 nitrogen and oxygen atoms in total. The number of carbonyl (C=O) groups excluding carboxylic acids is 1. The van der Waals surface area contributed by atoms with Crippen LogP contribution in [0.5, 0.6) is 0 Å². The number of nitrogens with two attached hydrogens (primary N) is 1. The maximum absolute atomic E-state index is 11.6. The Hall–Kier alpha value is -0.750. The van der Waals surface area contributed by atoms with E-state index in [2.05, 4.69) is 4.98 Å². The number of amides is 1. The lowest BCUT2D eigenvalue weighted by atomic mass is 10.2. The number of nitrogen functional groups attached to an aromatic ring is 1. The summed E-state index contributed by atoms with van der Waals surface area (Å²) in [6.45, 7) is 3.76. The highest BCUT2D eigenvalue weighted by Gasteiger charge is 2.20. The van der Waals surface area contributed by atoms with E-state index in [0.717, 1.165) is 29.4 Å². The van der Waals surface area contributed by atoms with Crippen LogP contribution in [0.1, 0.15) is 12.1 Å². The Morgan fingerprint density at radius 3 is 2.87 bits per heavy atom. The molecule has 1 aromatic rings. The Balaban J connectivity index is 1.87. The third kappa shape index (κ3) is 2.43. The molecule has 0 radical (unpaired) electrons. The molecule has 0 bridgehead atoms. The molecule has 82 valence electrons. The second-order valence-electron chi connectivity index (χ2n) is 3.45. The van der Waals surface area contributed by atoms with Crippen LogP contribution in [-0.2, 0) is 4.79 Å². The van der Waals surface area contributed by atoms with Gasteiger partial charge in [0.2, 0.25) is 5.91 Å². The van der Waals surface area contributed by atoms with E-state index in [0.29, 0.717) is 10.9 Å². The summed E-state index contributed by atoms with van der Waals surface area (Å²) in [5.41, 5.74) is 6.51. The van der Waals surface area contributed by atoms with E-state index in [4.69, 9.17) is 5.73 Å².